The smallest absolute Gasteiger partial charge is 0.227 e. The molecule has 0 aliphatic carbocycles. The number of carbonyl (C=O) groups excluding carboxylic acids is 1. The van der Waals surface area contributed by atoms with Crippen molar-refractivity contribution < 1.29 is 13.6 Å². The molecule has 4 rings (SSSR count). The van der Waals surface area contributed by atoms with Gasteiger partial charge in [-0.25, -0.2) is 4.39 Å². The molecule has 7 heteroatoms. The molecular weight excluding hydrogens is 357 g/mol. The number of anilines is 1. The fourth-order valence-corrected chi connectivity index (χ4v) is 3.30. The van der Waals surface area contributed by atoms with Crippen molar-refractivity contribution in [2.75, 3.05) is 11.4 Å². The standard InChI is InChI=1S/C19H15ClFN3O2/c20-16-10-14(21)7-6-12(16)8-17-22-23-19(26-17)13-9-18(25)24(11-13)15-4-2-1-3-5-15/h1-7,10,13H,8-9,11H2. The van der Waals surface area contributed by atoms with Crippen LogP contribution in [0.5, 0.6) is 0 Å². The minimum Gasteiger partial charge on any atom is -0.425 e. The van der Waals surface area contributed by atoms with Crippen LogP contribution in [0.25, 0.3) is 0 Å². The first kappa shape index (κ1) is 16.7. The number of amides is 1. The molecule has 1 unspecified atom stereocenters. The highest BCUT2D eigenvalue weighted by Gasteiger charge is 2.34. The van der Waals surface area contributed by atoms with Gasteiger partial charge in [-0.1, -0.05) is 35.9 Å². The third-order valence-electron chi connectivity index (χ3n) is 4.38. The van der Waals surface area contributed by atoms with Gasteiger partial charge < -0.3 is 9.32 Å². The van der Waals surface area contributed by atoms with Gasteiger partial charge in [0.1, 0.15) is 5.82 Å². The summed E-state index contributed by atoms with van der Waals surface area (Å²) >= 11 is 6.04. The molecule has 1 aromatic heterocycles. The van der Waals surface area contributed by atoms with Crippen LogP contribution in [0.1, 0.15) is 29.7 Å². The van der Waals surface area contributed by atoms with Crippen molar-refractivity contribution in [3.63, 3.8) is 0 Å². The Morgan fingerprint density at radius 3 is 2.77 bits per heavy atom. The Morgan fingerprint density at radius 2 is 2.00 bits per heavy atom. The van der Waals surface area contributed by atoms with Crippen LogP contribution in [0.2, 0.25) is 5.02 Å². The van der Waals surface area contributed by atoms with Crippen LogP contribution in [0, 0.1) is 5.82 Å². The lowest BCUT2D eigenvalue weighted by atomic mass is 10.1. The highest BCUT2D eigenvalue weighted by molar-refractivity contribution is 6.31. The Morgan fingerprint density at radius 1 is 1.19 bits per heavy atom. The summed E-state index contributed by atoms with van der Waals surface area (Å²) < 4.78 is 18.9. The third-order valence-corrected chi connectivity index (χ3v) is 4.73. The monoisotopic (exact) mass is 371 g/mol. The molecule has 0 radical (unpaired) electrons. The van der Waals surface area contributed by atoms with Crippen molar-refractivity contribution in [1.29, 1.82) is 0 Å². The predicted octanol–water partition coefficient (Wildman–Crippen LogP) is 3.97. The number of para-hydroxylation sites is 1. The Balaban J connectivity index is 1.49. The van der Waals surface area contributed by atoms with E-state index in [0.29, 0.717) is 41.8 Å². The summed E-state index contributed by atoms with van der Waals surface area (Å²) in [4.78, 5) is 14.0. The van der Waals surface area contributed by atoms with E-state index in [9.17, 15) is 9.18 Å². The molecule has 0 spiro atoms. The molecule has 1 fully saturated rings. The van der Waals surface area contributed by atoms with Crippen LogP contribution in [0.3, 0.4) is 0 Å². The van der Waals surface area contributed by atoms with Gasteiger partial charge in [0, 0.05) is 23.7 Å². The number of halogens is 2. The van der Waals surface area contributed by atoms with E-state index in [2.05, 4.69) is 10.2 Å². The third kappa shape index (κ3) is 3.32. The van der Waals surface area contributed by atoms with Crippen molar-refractivity contribution >= 4 is 23.2 Å². The molecule has 1 atom stereocenters. The maximum Gasteiger partial charge on any atom is 0.227 e. The van der Waals surface area contributed by atoms with Crippen LogP contribution >= 0.6 is 11.6 Å². The van der Waals surface area contributed by atoms with Gasteiger partial charge in [-0.2, -0.15) is 0 Å². The van der Waals surface area contributed by atoms with Gasteiger partial charge in [-0.05, 0) is 29.8 Å². The lowest BCUT2D eigenvalue weighted by Crippen LogP contribution is -2.24. The van der Waals surface area contributed by atoms with Crippen LogP contribution in [-0.4, -0.2) is 22.6 Å². The van der Waals surface area contributed by atoms with E-state index >= 15 is 0 Å². The highest BCUT2D eigenvalue weighted by Crippen LogP contribution is 2.31. The van der Waals surface area contributed by atoms with E-state index in [1.54, 1.807) is 11.0 Å². The molecule has 132 valence electrons. The van der Waals surface area contributed by atoms with Gasteiger partial charge in [0.2, 0.25) is 17.7 Å². The number of hydrogen-bond donors (Lipinski definition) is 0. The second kappa shape index (κ2) is 6.88. The SMILES string of the molecule is O=C1CC(c2nnc(Cc3ccc(F)cc3Cl)o2)CN1c1ccccc1. The summed E-state index contributed by atoms with van der Waals surface area (Å²) in [7, 11) is 0. The minimum atomic E-state index is -0.393. The lowest BCUT2D eigenvalue weighted by Gasteiger charge is -2.15. The van der Waals surface area contributed by atoms with Crippen LogP contribution in [0.4, 0.5) is 10.1 Å². The quantitative estimate of drug-likeness (QED) is 0.696. The molecule has 1 aliphatic rings. The van der Waals surface area contributed by atoms with E-state index in [1.165, 1.54) is 12.1 Å². The van der Waals surface area contributed by atoms with Crippen molar-refractivity contribution in [2.24, 2.45) is 0 Å². The van der Waals surface area contributed by atoms with E-state index in [4.69, 9.17) is 16.0 Å². The summed E-state index contributed by atoms with van der Waals surface area (Å²) in [6.07, 6.45) is 0.642. The Hall–Kier alpha value is -2.73. The minimum absolute atomic E-state index is 0.0301. The molecule has 2 heterocycles. The summed E-state index contributed by atoms with van der Waals surface area (Å²) in [6, 6.07) is 13.7. The summed E-state index contributed by atoms with van der Waals surface area (Å²) in [5.41, 5.74) is 1.56. The number of rotatable bonds is 4. The Kier molecular flexibility index (Phi) is 4.42. The molecule has 3 aromatic rings. The molecule has 5 nitrogen and oxygen atoms in total. The lowest BCUT2D eigenvalue weighted by molar-refractivity contribution is -0.117. The summed E-state index contributed by atoms with van der Waals surface area (Å²) in [5.74, 6) is 0.315. The number of aromatic nitrogens is 2. The zero-order valence-electron chi connectivity index (χ0n) is 13.7. The van der Waals surface area contributed by atoms with Gasteiger partial charge in [0.25, 0.3) is 0 Å². The van der Waals surface area contributed by atoms with Crippen LogP contribution in [-0.2, 0) is 11.2 Å². The molecule has 2 aromatic carbocycles. The molecule has 1 saturated heterocycles. The molecular formula is C19H15ClFN3O2. The van der Waals surface area contributed by atoms with Crippen molar-refractivity contribution in [1.82, 2.24) is 10.2 Å². The number of carbonyl (C=O) groups is 1. The van der Waals surface area contributed by atoms with Crippen molar-refractivity contribution in [2.45, 2.75) is 18.8 Å². The van der Waals surface area contributed by atoms with Gasteiger partial charge in [-0.15, -0.1) is 10.2 Å². The average molecular weight is 372 g/mol. The number of hydrogen-bond acceptors (Lipinski definition) is 4. The maximum absolute atomic E-state index is 13.1. The predicted molar refractivity (Wildman–Crippen MR) is 94.7 cm³/mol. The fourth-order valence-electron chi connectivity index (χ4n) is 3.06. The maximum atomic E-state index is 13.1. The number of benzene rings is 2. The first-order valence-corrected chi connectivity index (χ1v) is 8.59. The van der Waals surface area contributed by atoms with Gasteiger partial charge in [0.15, 0.2) is 0 Å². The number of nitrogens with zero attached hydrogens (tertiary/aromatic N) is 3. The van der Waals surface area contributed by atoms with E-state index < -0.39 is 5.82 Å². The molecule has 0 N–H and O–H groups in total. The zero-order chi connectivity index (χ0) is 18.1. The Labute approximate surface area is 154 Å². The molecule has 0 saturated carbocycles. The fraction of sp³-hybridized carbons (Fsp3) is 0.211. The summed E-state index contributed by atoms with van der Waals surface area (Å²) in [6.45, 7) is 0.502. The van der Waals surface area contributed by atoms with Crippen LogP contribution in [0.15, 0.2) is 52.9 Å². The van der Waals surface area contributed by atoms with E-state index in [-0.39, 0.29) is 11.8 Å². The van der Waals surface area contributed by atoms with Crippen molar-refractivity contribution in [3.05, 3.63) is 76.7 Å². The zero-order valence-corrected chi connectivity index (χ0v) is 14.5. The van der Waals surface area contributed by atoms with E-state index in [1.807, 2.05) is 30.3 Å². The second-order valence-corrected chi connectivity index (χ2v) is 6.59. The second-order valence-electron chi connectivity index (χ2n) is 6.19. The van der Waals surface area contributed by atoms with Gasteiger partial charge in [0.05, 0.1) is 12.3 Å². The summed E-state index contributed by atoms with van der Waals surface area (Å²) in [5, 5.41) is 8.45. The topological polar surface area (TPSA) is 59.2 Å². The molecule has 0 bridgehead atoms. The molecule has 26 heavy (non-hydrogen) atoms. The highest BCUT2D eigenvalue weighted by atomic mass is 35.5. The van der Waals surface area contributed by atoms with Crippen molar-refractivity contribution in [3.8, 4) is 0 Å². The average Bonchev–Trinajstić information content (AvgIpc) is 3.25. The molecule has 1 amide bonds. The molecule has 1 aliphatic heterocycles. The largest absolute Gasteiger partial charge is 0.425 e. The normalized spacial score (nSPS) is 17.1. The first-order valence-electron chi connectivity index (χ1n) is 8.22. The van der Waals surface area contributed by atoms with Gasteiger partial charge >= 0.3 is 0 Å². The Bertz CT molecular complexity index is 945. The first-order chi connectivity index (χ1) is 12.6. The van der Waals surface area contributed by atoms with E-state index in [0.717, 1.165) is 5.69 Å². The van der Waals surface area contributed by atoms with Crippen LogP contribution < -0.4 is 4.90 Å². The van der Waals surface area contributed by atoms with Gasteiger partial charge in [-0.3, -0.25) is 4.79 Å².